The summed E-state index contributed by atoms with van der Waals surface area (Å²) in [6.07, 6.45) is 7.96. The van der Waals surface area contributed by atoms with Gasteiger partial charge in [-0.15, -0.1) is 0 Å². The molecule has 92 valence electrons. The Morgan fingerprint density at radius 1 is 1.29 bits per heavy atom. The second kappa shape index (κ2) is 4.75. The monoisotopic (exact) mass is 231 g/mol. The van der Waals surface area contributed by atoms with E-state index in [1.165, 1.54) is 43.5 Å². The molecule has 0 spiro atoms. The molecule has 2 saturated heterocycles. The summed E-state index contributed by atoms with van der Waals surface area (Å²) in [6, 6.07) is 3.75. The lowest BCUT2D eigenvalue weighted by atomic mass is 10.1. The van der Waals surface area contributed by atoms with Gasteiger partial charge in [-0.05, 0) is 37.3 Å². The van der Waals surface area contributed by atoms with Crippen LogP contribution in [0.1, 0.15) is 30.4 Å². The summed E-state index contributed by atoms with van der Waals surface area (Å²) >= 11 is 0. The maximum absolute atomic E-state index is 4.28. The Labute approximate surface area is 103 Å². The Kier molecular flexibility index (Phi) is 3.12. The lowest BCUT2D eigenvalue weighted by molar-refractivity contribution is 0.250. The van der Waals surface area contributed by atoms with Crippen LogP contribution in [-0.4, -0.2) is 35.1 Å². The fourth-order valence-corrected chi connectivity index (χ4v) is 3.12. The number of hydrogen-bond donors (Lipinski definition) is 1. The van der Waals surface area contributed by atoms with Gasteiger partial charge in [0, 0.05) is 44.1 Å². The molecule has 2 unspecified atom stereocenters. The molecule has 2 aliphatic heterocycles. The molecular weight excluding hydrogens is 210 g/mol. The first-order valence-electron chi connectivity index (χ1n) is 6.68. The van der Waals surface area contributed by atoms with Crippen molar-refractivity contribution in [2.75, 3.05) is 13.1 Å². The maximum Gasteiger partial charge on any atom is 0.0313 e. The van der Waals surface area contributed by atoms with Crippen molar-refractivity contribution >= 4 is 0 Å². The first kappa shape index (κ1) is 11.2. The highest BCUT2D eigenvalue weighted by Crippen LogP contribution is 2.21. The van der Waals surface area contributed by atoms with E-state index in [2.05, 4.69) is 28.2 Å². The quantitative estimate of drug-likeness (QED) is 0.840. The molecule has 1 aromatic heterocycles. The SMILES string of the molecule is Cc1cncc(CN2CCC3CCC(C2)N3)c1. The summed E-state index contributed by atoms with van der Waals surface area (Å²) in [7, 11) is 0. The van der Waals surface area contributed by atoms with Gasteiger partial charge in [-0.25, -0.2) is 0 Å². The molecule has 0 amide bonds. The van der Waals surface area contributed by atoms with Gasteiger partial charge < -0.3 is 5.32 Å². The molecular formula is C14H21N3. The molecule has 2 fully saturated rings. The molecule has 3 nitrogen and oxygen atoms in total. The summed E-state index contributed by atoms with van der Waals surface area (Å²) in [5.41, 5.74) is 2.61. The van der Waals surface area contributed by atoms with Gasteiger partial charge in [-0.1, -0.05) is 6.07 Å². The van der Waals surface area contributed by atoms with E-state index in [1.54, 1.807) is 0 Å². The van der Waals surface area contributed by atoms with Gasteiger partial charge in [0.15, 0.2) is 0 Å². The lowest BCUT2D eigenvalue weighted by Gasteiger charge is -2.23. The molecule has 3 heteroatoms. The number of nitrogens with one attached hydrogen (secondary N) is 1. The number of hydrogen-bond acceptors (Lipinski definition) is 3. The highest BCUT2D eigenvalue weighted by Gasteiger charge is 2.28. The van der Waals surface area contributed by atoms with Crippen molar-refractivity contribution in [3.63, 3.8) is 0 Å². The van der Waals surface area contributed by atoms with Crippen LogP contribution >= 0.6 is 0 Å². The topological polar surface area (TPSA) is 28.2 Å². The Morgan fingerprint density at radius 3 is 3.06 bits per heavy atom. The third kappa shape index (κ3) is 2.67. The van der Waals surface area contributed by atoms with E-state index in [9.17, 15) is 0 Å². The molecule has 0 saturated carbocycles. The highest BCUT2D eigenvalue weighted by atomic mass is 15.2. The smallest absolute Gasteiger partial charge is 0.0313 e. The van der Waals surface area contributed by atoms with Gasteiger partial charge in [-0.3, -0.25) is 9.88 Å². The van der Waals surface area contributed by atoms with Crippen LogP contribution in [0, 0.1) is 6.92 Å². The molecule has 3 rings (SSSR count). The molecule has 2 bridgehead atoms. The molecule has 0 radical (unpaired) electrons. The molecule has 3 heterocycles. The van der Waals surface area contributed by atoms with Crippen molar-refractivity contribution in [3.05, 3.63) is 29.6 Å². The van der Waals surface area contributed by atoms with Crippen LogP contribution in [0.25, 0.3) is 0 Å². The first-order chi connectivity index (χ1) is 8.29. The van der Waals surface area contributed by atoms with Gasteiger partial charge in [0.25, 0.3) is 0 Å². The molecule has 0 aromatic carbocycles. The molecule has 0 aliphatic carbocycles. The van der Waals surface area contributed by atoms with E-state index in [4.69, 9.17) is 0 Å². The Bertz CT molecular complexity index is 391. The summed E-state index contributed by atoms with van der Waals surface area (Å²) in [5.74, 6) is 0. The van der Waals surface area contributed by atoms with Gasteiger partial charge in [0.05, 0.1) is 0 Å². The Hall–Kier alpha value is -0.930. The fraction of sp³-hybridized carbons (Fsp3) is 0.643. The third-order valence-corrected chi connectivity index (χ3v) is 3.95. The van der Waals surface area contributed by atoms with Crippen molar-refractivity contribution in [1.82, 2.24) is 15.2 Å². The van der Waals surface area contributed by atoms with Crippen LogP contribution in [0.4, 0.5) is 0 Å². The minimum absolute atomic E-state index is 0.722. The highest BCUT2D eigenvalue weighted by molar-refractivity contribution is 5.16. The number of aryl methyl sites for hydroxylation is 1. The van der Waals surface area contributed by atoms with Gasteiger partial charge in [-0.2, -0.15) is 0 Å². The largest absolute Gasteiger partial charge is 0.310 e. The standard InChI is InChI=1S/C14H21N3/c1-11-6-12(8-15-7-11)9-17-5-4-13-2-3-14(10-17)16-13/h6-8,13-14,16H,2-5,9-10H2,1H3. The van der Waals surface area contributed by atoms with E-state index in [0.29, 0.717) is 0 Å². The van der Waals surface area contributed by atoms with E-state index < -0.39 is 0 Å². The Balaban J connectivity index is 1.65. The lowest BCUT2D eigenvalue weighted by Crippen LogP contribution is -2.34. The van der Waals surface area contributed by atoms with Crippen molar-refractivity contribution in [1.29, 1.82) is 0 Å². The van der Waals surface area contributed by atoms with Gasteiger partial charge >= 0.3 is 0 Å². The summed E-state index contributed by atoms with van der Waals surface area (Å²) in [6.45, 7) is 5.59. The minimum atomic E-state index is 0.722. The number of nitrogens with zero attached hydrogens (tertiary/aromatic N) is 2. The average molecular weight is 231 g/mol. The number of fused-ring (bicyclic) bond motifs is 2. The second-order valence-corrected chi connectivity index (χ2v) is 5.53. The molecule has 1 N–H and O–H groups in total. The number of rotatable bonds is 2. The minimum Gasteiger partial charge on any atom is -0.310 e. The van der Waals surface area contributed by atoms with E-state index >= 15 is 0 Å². The molecule has 17 heavy (non-hydrogen) atoms. The third-order valence-electron chi connectivity index (χ3n) is 3.95. The van der Waals surface area contributed by atoms with E-state index in [1.807, 2.05) is 12.4 Å². The van der Waals surface area contributed by atoms with E-state index in [0.717, 1.165) is 18.6 Å². The van der Waals surface area contributed by atoms with Crippen LogP contribution < -0.4 is 5.32 Å². The Morgan fingerprint density at radius 2 is 2.18 bits per heavy atom. The van der Waals surface area contributed by atoms with Crippen molar-refractivity contribution in [2.45, 2.75) is 44.8 Å². The molecule has 2 aliphatic rings. The summed E-state index contributed by atoms with van der Waals surface area (Å²) < 4.78 is 0. The van der Waals surface area contributed by atoms with Gasteiger partial charge in [0.2, 0.25) is 0 Å². The number of aromatic nitrogens is 1. The zero-order valence-electron chi connectivity index (χ0n) is 10.5. The average Bonchev–Trinajstić information content (AvgIpc) is 2.63. The van der Waals surface area contributed by atoms with Gasteiger partial charge in [0.1, 0.15) is 0 Å². The summed E-state index contributed by atoms with van der Waals surface area (Å²) in [5, 5.41) is 3.72. The predicted octanol–water partition coefficient (Wildman–Crippen LogP) is 1.72. The van der Waals surface area contributed by atoms with Crippen LogP contribution in [0.15, 0.2) is 18.5 Å². The van der Waals surface area contributed by atoms with Crippen molar-refractivity contribution in [2.24, 2.45) is 0 Å². The van der Waals surface area contributed by atoms with Crippen LogP contribution in [0.2, 0.25) is 0 Å². The normalized spacial score (nSPS) is 29.2. The van der Waals surface area contributed by atoms with Crippen LogP contribution in [-0.2, 0) is 6.54 Å². The fourth-order valence-electron chi connectivity index (χ4n) is 3.12. The second-order valence-electron chi connectivity index (χ2n) is 5.53. The summed E-state index contributed by atoms with van der Waals surface area (Å²) in [4.78, 5) is 6.86. The van der Waals surface area contributed by atoms with Crippen molar-refractivity contribution in [3.8, 4) is 0 Å². The zero-order valence-corrected chi connectivity index (χ0v) is 10.5. The molecule has 1 aromatic rings. The molecule has 2 atom stereocenters. The first-order valence-corrected chi connectivity index (χ1v) is 6.68. The predicted molar refractivity (Wildman–Crippen MR) is 68.8 cm³/mol. The maximum atomic E-state index is 4.28. The van der Waals surface area contributed by atoms with Crippen molar-refractivity contribution < 1.29 is 0 Å². The van der Waals surface area contributed by atoms with E-state index in [-0.39, 0.29) is 0 Å². The zero-order chi connectivity index (χ0) is 11.7. The van der Waals surface area contributed by atoms with Crippen LogP contribution in [0.3, 0.4) is 0 Å². The number of pyridine rings is 1. The van der Waals surface area contributed by atoms with Crippen LogP contribution in [0.5, 0.6) is 0 Å². The number of likely N-dealkylation sites (tertiary alicyclic amines) is 1.